The van der Waals surface area contributed by atoms with Gasteiger partial charge in [0.15, 0.2) is 0 Å². The summed E-state index contributed by atoms with van der Waals surface area (Å²) in [6.45, 7) is 5.45. The fourth-order valence-corrected chi connectivity index (χ4v) is 0.852. The first-order valence-electron chi connectivity index (χ1n) is 4.01. The van der Waals surface area contributed by atoms with Gasteiger partial charge in [-0.25, -0.2) is 4.68 Å². The van der Waals surface area contributed by atoms with Crippen LogP contribution < -0.4 is 5.56 Å². The zero-order chi connectivity index (χ0) is 10.1. The van der Waals surface area contributed by atoms with Gasteiger partial charge in [-0.05, 0) is 20.8 Å². The number of rotatable bonds is 2. The van der Waals surface area contributed by atoms with Crippen molar-refractivity contribution in [2.75, 3.05) is 0 Å². The van der Waals surface area contributed by atoms with E-state index in [1.54, 1.807) is 0 Å². The van der Waals surface area contributed by atoms with E-state index >= 15 is 0 Å². The fraction of sp³-hybridized carbons (Fsp3) is 0.625. The minimum atomic E-state index is -1.15. The maximum absolute atomic E-state index is 10.7. The molecule has 1 aromatic heterocycles. The van der Waals surface area contributed by atoms with Gasteiger partial charge < -0.3 is 9.84 Å². The van der Waals surface area contributed by atoms with Crippen molar-refractivity contribution < 1.29 is 9.84 Å². The molecule has 0 spiro atoms. The lowest BCUT2D eigenvalue weighted by molar-refractivity contribution is -0.215. The van der Waals surface area contributed by atoms with Crippen LogP contribution in [0.4, 0.5) is 0 Å². The predicted octanol–water partition coefficient (Wildman–Crippen LogP) is 0.440. The smallest absolute Gasteiger partial charge is 0.264 e. The van der Waals surface area contributed by atoms with E-state index in [9.17, 15) is 9.90 Å². The van der Waals surface area contributed by atoms with Crippen molar-refractivity contribution in [3.63, 3.8) is 0 Å². The number of nitrogens with one attached hydrogen (secondary N) is 1. The Labute approximate surface area is 75.9 Å². The molecule has 74 valence electrons. The number of ether oxygens (including phenoxy) is 1. The lowest BCUT2D eigenvalue weighted by Crippen LogP contribution is -2.26. The van der Waals surface area contributed by atoms with E-state index in [0.29, 0.717) is 0 Å². The van der Waals surface area contributed by atoms with Crippen molar-refractivity contribution in [2.24, 2.45) is 0 Å². The summed E-state index contributed by atoms with van der Waals surface area (Å²) in [6.07, 6.45) is 0.279. The van der Waals surface area contributed by atoms with Crippen LogP contribution in [0, 0.1) is 0 Å². The number of aromatic nitrogens is 2. The largest absolute Gasteiger partial charge is 0.350 e. The van der Waals surface area contributed by atoms with Gasteiger partial charge in [-0.3, -0.25) is 9.89 Å². The summed E-state index contributed by atoms with van der Waals surface area (Å²) in [5.74, 6) is 0. The minimum Gasteiger partial charge on any atom is -0.350 e. The highest BCUT2D eigenvalue weighted by atomic mass is 16.6. The number of aromatic amines is 1. The van der Waals surface area contributed by atoms with Crippen molar-refractivity contribution in [2.45, 2.75) is 32.8 Å². The molecule has 0 fully saturated rings. The van der Waals surface area contributed by atoms with Gasteiger partial charge in [0.05, 0.1) is 5.60 Å². The minimum absolute atomic E-state index is 0.267. The predicted molar refractivity (Wildman–Crippen MR) is 47.1 cm³/mol. The maximum atomic E-state index is 10.7. The monoisotopic (exact) mass is 186 g/mol. The highest BCUT2D eigenvalue weighted by molar-refractivity contribution is 4.80. The summed E-state index contributed by atoms with van der Waals surface area (Å²) in [7, 11) is 0. The van der Waals surface area contributed by atoms with Crippen LogP contribution >= 0.6 is 0 Å². The Morgan fingerprint density at radius 2 is 2.23 bits per heavy atom. The number of aliphatic hydroxyl groups is 1. The molecule has 0 saturated heterocycles. The van der Waals surface area contributed by atoms with Crippen LogP contribution in [0.5, 0.6) is 0 Å². The lowest BCUT2D eigenvalue weighted by Gasteiger charge is -2.23. The van der Waals surface area contributed by atoms with Gasteiger partial charge in [0.1, 0.15) is 0 Å². The van der Waals surface area contributed by atoms with E-state index in [-0.39, 0.29) is 5.56 Å². The first-order chi connectivity index (χ1) is 5.88. The van der Waals surface area contributed by atoms with Crippen LogP contribution in [-0.4, -0.2) is 20.5 Å². The van der Waals surface area contributed by atoms with Crippen LogP contribution in [-0.2, 0) is 4.74 Å². The van der Waals surface area contributed by atoms with Crippen LogP contribution in [0.25, 0.3) is 0 Å². The van der Waals surface area contributed by atoms with Gasteiger partial charge in [-0.2, -0.15) is 0 Å². The Hall–Kier alpha value is -1.07. The zero-order valence-electron chi connectivity index (χ0n) is 7.94. The van der Waals surface area contributed by atoms with Crippen molar-refractivity contribution in [1.29, 1.82) is 0 Å². The van der Waals surface area contributed by atoms with E-state index in [1.165, 1.54) is 16.9 Å². The van der Waals surface area contributed by atoms with E-state index in [2.05, 4.69) is 5.10 Å². The molecule has 1 rings (SSSR count). The maximum Gasteiger partial charge on any atom is 0.264 e. The summed E-state index contributed by atoms with van der Waals surface area (Å²) >= 11 is 0. The van der Waals surface area contributed by atoms with Gasteiger partial charge in [-0.1, -0.05) is 0 Å². The summed E-state index contributed by atoms with van der Waals surface area (Å²) in [6, 6.07) is 1.31. The third kappa shape index (κ3) is 3.04. The fourth-order valence-electron chi connectivity index (χ4n) is 0.852. The zero-order valence-corrected chi connectivity index (χ0v) is 7.94. The first kappa shape index (κ1) is 10.0. The molecule has 0 radical (unpaired) electrons. The molecule has 1 heterocycles. The Bertz CT molecular complexity index is 321. The average molecular weight is 186 g/mol. The molecule has 0 aliphatic heterocycles. The molecule has 0 amide bonds. The second kappa shape index (κ2) is 3.35. The molecule has 0 aliphatic rings. The Balaban J connectivity index is 2.69. The quantitative estimate of drug-likeness (QED) is 0.658. The standard InChI is InChI=1S/C8H14N2O3/c1-8(2,3)13-7(12)10-5-4-6(11)9-10/h4-5,7,12H,1-3H3,(H,9,11). The van der Waals surface area contributed by atoms with E-state index in [1.807, 2.05) is 20.8 Å². The number of nitrogens with zero attached hydrogens (tertiary/aromatic N) is 1. The van der Waals surface area contributed by atoms with Gasteiger partial charge in [-0.15, -0.1) is 0 Å². The molecule has 0 aliphatic carbocycles. The number of aliphatic hydroxyl groups excluding tert-OH is 1. The molecule has 1 unspecified atom stereocenters. The molecule has 2 N–H and O–H groups in total. The van der Waals surface area contributed by atoms with Gasteiger partial charge in [0.25, 0.3) is 12.0 Å². The number of hydrogen-bond donors (Lipinski definition) is 2. The highest BCUT2D eigenvalue weighted by Gasteiger charge is 2.17. The SMILES string of the molecule is CC(C)(C)OC(O)n1ccc(=O)[nH]1. The van der Waals surface area contributed by atoms with Gasteiger partial charge in [0, 0.05) is 12.3 Å². The molecule has 1 aromatic rings. The van der Waals surface area contributed by atoms with E-state index in [0.717, 1.165) is 0 Å². The molecule has 0 saturated carbocycles. The van der Waals surface area contributed by atoms with E-state index < -0.39 is 12.0 Å². The summed E-state index contributed by atoms with van der Waals surface area (Å²) < 4.78 is 6.39. The molecular formula is C8H14N2O3. The van der Waals surface area contributed by atoms with Crippen molar-refractivity contribution in [3.8, 4) is 0 Å². The molecular weight excluding hydrogens is 172 g/mol. The Morgan fingerprint density at radius 1 is 1.62 bits per heavy atom. The molecule has 0 bridgehead atoms. The summed E-state index contributed by atoms with van der Waals surface area (Å²) in [4.78, 5) is 10.7. The number of hydrogen-bond acceptors (Lipinski definition) is 3. The summed E-state index contributed by atoms with van der Waals surface area (Å²) in [5, 5.41) is 11.8. The topological polar surface area (TPSA) is 67.2 Å². The van der Waals surface area contributed by atoms with Gasteiger partial charge in [0.2, 0.25) is 0 Å². The Morgan fingerprint density at radius 3 is 2.62 bits per heavy atom. The third-order valence-corrected chi connectivity index (χ3v) is 1.32. The van der Waals surface area contributed by atoms with E-state index in [4.69, 9.17) is 4.74 Å². The molecule has 13 heavy (non-hydrogen) atoms. The molecule has 5 heteroatoms. The van der Waals surface area contributed by atoms with Crippen LogP contribution in [0.15, 0.2) is 17.1 Å². The average Bonchev–Trinajstić information content (AvgIpc) is 2.31. The van der Waals surface area contributed by atoms with Crippen LogP contribution in [0.3, 0.4) is 0 Å². The first-order valence-corrected chi connectivity index (χ1v) is 4.01. The van der Waals surface area contributed by atoms with Crippen LogP contribution in [0.2, 0.25) is 0 Å². The normalized spacial score (nSPS) is 14.5. The molecule has 0 aromatic carbocycles. The Kier molecular flexibility index (Phi) is 2.58. The summed E-state index contributed by atoms with van der Waals surface area (Å²) in [5.41, 5.74) is -0.725. The van der Waals surface area contributed by atoms with Gasteiger partial charge >= 0.3 is 0 Å². The second-order valence-corrected chi connectivity index (χ2v) is 3.76. The molecule has 1 atom stereocenters. The van der Waals surface area contributed by atoms with Crippen molar-refractivity contribution >= 4 is 0 Å². The lowest BCUT2D eigenvalue weighted by atomic mass is 10.2. The highest BCUT2D eigenvalue weighted by Crippen LogP contribution is 2.14. The van der Waals surface area contributed by atoms with Crippen LogP contribution in [0.1, 0.15) is 27.2 Å². The van der Waals surface area contributed by atoms with Crippen molar-refractivity contribution in [1.82, 2.24) is 9.78 Å². The molecule has 5 nitrogen and oxygen atoms in total. The van der Waals surface area contributed by atoms with Crippen molar-refractivity contribution in [3.05, 3.63) is 22.6 Å². The number of H-pyrrole nitrogens is 1. The third-order valence-electron chi connectivity index (χ3n) is 1.32. The second-order valence-electron chi connectivity index (χ2n) is 3.76.